The van der Waals surface area contributed by atoms with Gasteiger partial charge in [-0.15, -0.1) is 0 Å². The maximum atomic E-state index is 7.42. The van der Waals surface area contributed by atoms with E-state index in [1.165, 1.54) is 37.9 Å². The van der Waals surface area contributed by atoms with E-state index in [1.54, 1.807) is 6.20 Å². The Hall–Kier alpha value is -1.42. The number of rotatable bonds is 3. The van der Waals surface area contributed by atoms with Crippen molar-refractivity contribution in [2.24, 2.45) is 17.6 Å². The van der Waals surface area contributed by atoms with Gasteiger partial charge in [-0.1, -0.05) is 6.42 Å². The van der Waals surface area contributed by atoms with Crippen molar-refractivity contribution in [1.82, 2.24) is 9.88 Å². The SMILES string of the molecule is N=C(N)c1cc(CN2CC3CCCC3C2)ccn1. The molecule has 2 heterocycles. The van der Waals surface area contributed by atoms with Crippen LogP contribution < -0.4 is 5.73 Å². The quantitative estimate of drug-likeness (QED) is 0.627. The molecule has 0 bridgehead atoms. The Kier molecular flexibility index (Phi) is 3.04. The molecular weight excluding hydrogens is 224 g/mol. The highest BCUT2D eigenvalue weighted by molar-refractivity contribution is 5.93. The number of likely N-dealkylation sites (tertiary alicyclic amines) is 1. The van der Waals surface area contributed by atoms with Crippen LogP contribution in [0.15, 0.2) is 18.3 Å². The van der Waals surface area contributed by atoms with Gasteiger partial charge in [0, 0.05) is 25.8 Å². The fourth-order valence-electron chi connectivity index (χ4n) is 3.44. The van der Waals surface area contributed by atoms with E-state index in [-0.39, 0.29) is 5.84 Å². The number of amidine groups is 1. The van der Waals surface area contributed by atoms with E-state index in [0.717, 1.165) is 18.4 Å². The number of hydrogen-bond donors (Lipinski definition) is 2. The molecule has 1 saturated carbocycles. The Labute approximate surface area is 108 Å². The van der Waals surface area contributed by atoms with E-state index in [4.69, 9.17) is 11.1 Å². The first kappa shape index (κ1) is 11.7. The average molecular weight is 244 g/mol. The first-order chi connectivity index (χ1) is 8.72. The van der Waals surface area contributed by atoms with E-state index < -0.39 is 0 Å². The van der Waals surface area contributed by atoms with Crippen molar-refractivity contribution in [1.29, 1.82) is 5.41 Å². The van der Waals surface area contributed by atoms with Crippen LogP contribution in [0.3, 0.4) is 0 Å². The van der Waals surface area contributed by atoms with Crippen LogP contribution >= 0.6 is 0 Å². The molecule has 4 nitrogen and oxygen atoms in total. The zero-order valence-corrected chi connectivity index (χ0v) is 10.6. The molecule has 0 amide bonds. The predicted octanol–water partition coefficient (Wildman–Crippen LogP) is 1.60. The number of nitrogens with zero attached hydrogens (tertiary/aromatic N) is 2. The van der Waals surface area contributed by atoms with Crippen LogP contribution in [-0.4, -0.2) is 28.8 Å². The first-order valence-corrected chi connectivity index (χ1v) is 6.74. The summed E-state index contributed by atoms with van der Waals surface area (Å²) in [4.78, 5) is 6.64. The summed E-state index contributed by atoms with van der Waals surface area (Å²) in [7, 11) is 0. The minimum Gasteiger partial charge on any atom is -0.382 e. The number of aromatic nitrogens is 1. The largest absolute Gasteiger partial charge is 0.382 e. The molecule has 0 aromatic carbocycles. The Morgan fingerprint density at radius 1 is 1.39 bits per heavy atom. The van der Waals surface area contributed by atoms with E-state index in [1.807, 2.05) is 12.1 Å². The zero-order valence-electron chi connectivity index (χ0n) is 10.6. The van der Waals surface area contributed by atoms with E-state index >= 15 is 0 Å². The topological polar surface area (TPSA) is 66.0 Å². The molecule has 96 valence electrons. The van der Waals surface area contributed by atoms with Gasteiger partial charge in [0.05, 0.1) is 0 Å². The van der Waals surface area contributed by atoms with Gasteiger partial charge in [0.15, 0.2) is 0 Å². The summed E-state index contributed by atoms with van der Waals surface area (Å²) >= 11 is 0. The highest BCUT2D eigenvalue weighted by Crippen LogP contribution is 2.38. The lowest BCUT2D eigenvalue weighted by atomic mass is 10.0. The van der Waals surface area contributed by atoms with Gasteiger partial charge < -0.3 is 5.73 Å². The number of nitrogens with one attached hydrogen (secondary N) is 1. The van der Waals surface area contributed by atoms with Gasteiger partial charge in [0.2, 0.25) is 0 Å². The Morgan fingerprint density at radius 2 is 2.11 bits per heavy atom. The summed E-state index contributed by atoms with van der Waals surface area (Å²) in [5.41, 5.74) is 7.28. The minimum atomic E-state index is 0.0511. The van der Waals surface area contributed by atoms with E-state index in [2.05, 4.69) is 9.88 Å². The average Bonchev–Trinajstić information content (AvgIpc) is 2.90. The van der Waals surface area contributed by atoms with Crippen molar-refractivity contribution < 1.29 is 0 Å². The number of hydrogen-bond acceptors (Lipinski definition) is 3. The van der Waals surface area contributed by atoms with Crippen molar-refractivity contribution in [3.05, 3.63) is 29.6 Å². The molecule has 2 fully saturated rings. The van der Waals surface area contributed by atoms with Crippen molar-refractivity contribution in [3.8, 4) is 0 Å². The lowest BCUT2D eigenvalue weighted by molar-refractivity contribution is 0.303. The zero-order chi connectivity index (χ0) is 12.5. The number of fused-ring (bicyclic) bond motifs is 1. The summed E-state index contributed by atoms with van der Waals surface area (Å²) in [5, 5.41) is 7.42. The first-order valence-electron chi connectivity index (χ1n) is 6.74. The Morgan fingerprint density at radius 3 is 2.78 bits per heavy atom. The highest BCUT2D eigenvalue weighted by Gasteiger charge is 2.35. The summed E-state index contributed by atoms with van der Waals surface area (Å²) in [6.07, 6.45) is 6.00. The molecular formula is C14H20N4. The van der Waals surface area contributed by atoms with Crippen molar-refractivity contribution in [3.63, 3.8) is 0 Å². The van der Waals surface area contributed by atoms with Crippen LogP contribution in [0.1, 0.15) is 30.5 Å². The van der Waals surface area contributed by atoms with Gasteiger partial charge >= 0.3 is 0 Å². The third-order valence-electron chi connectivity index (χ3n) is 4.31. The van der Waals surface area contributed by atoms with Crippen molar-refractivity contribution in [2.45, 2.75) is 25.8 Å². The number of nitrogen functional groups attached to an aromatic ring is 1. The second-order valence-corrected chi connectivity index (χ2v) is 5.61. The Balaban J connectivity index is 1.66. The second-order valence-electron chi connectivity index (χ2n) is 5.61. The highest BCUT2D eigenvalue weighted by atomic mass is 15.2. The molecule has 1 aliphatic heterocycles. The molecule has 1 saturated heterocycles. The molecule has 0 spiro atoms. The molecule has 1 aliphatic carbocycles. The Bertz CT molecular complexity index is 445. The van der Waals surface area contributed by atoms with Crippen LogP contribution in [0.5, 0.6) is 0 Å². The summed E-state index contributed by atoms with van der Waals surface area (Å²) in [5.74, 6) is 1.91. The molecule has 1 aromatic rings. The molecule has 3 N–H and O–H groups in total. The molecule has 2 unspecified atom stereocenters. The van der Waals surface area contributed by atoms with Crippen molar-refractivity contribution >= 4 is 5.84 Å². The summed E-state index contributed by atoms with van der Waals surface area (Å²) < 4.78 is 0. The lowest BCUT2D eigenvalue weighted by Crippen LogP contribution is -2.21. The van der Waals surface area contributed by atoms with Crippen LogP contribution in [0.4, 0.5) is 0 Å². The third kappa shape index (κ3) is 2.25. The normalized spacial score (nSPS) is 27.3. The minimum absolute atomic E-state index is 0.0511. The third-order valence-corrected chi connectivity index (χ3v) is 4.31. The lowest BCUT2D eigenvalue weighted by Gasteiger charge is -2.16. The maximum absolute atomic E-state index is 7.42. The molecule has 3 rings (SSSR count). The van der Waals surface area contributed by atoms with Gasteiger partial charge in [-0.2, -0.15) is 0 Å². The van der Waals surface area contributed by atoms with Crippen LogP contribution in [0, 0.1) is 17.2 Å². The van der Waals surface area contributed by atoms with Crippen LogP contribution in [-0.2, 0) is 6.54 Å². The number of pyridine rings is 1. The molecule has 4 heteroatoms. The molecule has 2 aliphatic rings. The standard InChI is InChI=1S/C14H20N4/c15-14(16)13-6-10(4-5-17-13)7-18-8-11-2-1-3-12(11)9-18/h4-6,11-12H,1-3,7-9H2,(H3,15,16). The molecule has 0 radical (unpaired) electrons. The van der Waals surface area contributed by atoms with Gasteiger partial charge in [-0.05, 0) is 42.4 Å². The van der Waals surface area contributed by atoms with Gasteiger partial charge in [0.25, 0.3) is 0 Å². The fraction of sp³-hybridized carbons (Fsp3) is 0.571. The van der Waals surface area contributed by atoms with E-state index in [0.29, 0.717) is 5.69 Å². The summed E-state index contributed by atoms with van der Waals surface area (Å²) in [6.45, 7) is 3.45. The predicted molar refractivity (Wildman–Crippen MR) is 71.4 cm³/mol. The molecule has 18 heavy (non-hydrogen) atoms. The number of nitrogens with two attached hydrogens (primary N) is 1. The monoisotopic (exact) mass is 244 g/mol. The van der Waals surface area contributed by atoms with Crippen LogP contribution in [0.25, 0.3) is 0 Å². The fourth-order valence-corrected chi connectivity index (χ4v) is 3.44. The summed E-state index contributed by atoms with van der Waals surface area (Å²) in [6, 6.07) is 3.97. The molecule has 1 aromatic heterocycles. The smallest absolute Gasteiger partial charge is 0.141 e. The second kappa shape index (κ2) is 4.69. The molecule has 2 atom stereocenters. The van der Waals surface area contributed by atoms with E-state index in [9.17, 15) is 0 Å². The van der Waals surface area contributed by atoms with Crippen molar-refractivity contribution in [2.75, 3.05) is 13.1 Å². The van der Waals surface area contributed by atoms with Crippen LogP contribution in [0.2, 0.25) is 0 Å². The van der Waals surface area contributed by atoms with Gasteiger partial charge in [0.1, 0.15) is 11.5 Å². The van der Waals surface area contributed by atoms with Gasteiger partial charge in [-0.25, -0.2) is 0 Å². The maximum Gasteiger partial charge on any atom is 0.141 e. The van der Waals surface area contributed by atoms with Gasteiger partial charge in [-0.3, -0.25) is 15.3 Å².